The van der Waals surface area contributed by atoms with Crippen molar-refractivity contribution in [3.63, 3.8) is 0 Å². The van der Waals surface area contributed by atoms with Gasteiger partial charge in [-0.1, -0.05) is 11.6 Å². The topological polar surface area (TPSA) is 46.3 Å². The van der Waals surface area contributed by atoms with E-state index in [2.05, 4.69) is 0 Å². The number of benzene rings is 1. The average Bonchev–Trinajstić information content (AvgIpc) is 3.09. The van der Waals surface area contributed by atoms with Crippen molar-refractivity contribution in [2.24, 2.45) is 5.92 Å². The normalized spacial score (nSPS) is 14.7. The summed E-state index contributed by atoms with van der Waals surface area (Å²) in [6.45, 7) is 3.55. The van der Waals surface area contributed by atoms with Crippen molar-refractivity contribution in [3.8, 4) is 0 Å². The van der Waals surface area contributed by atoms with Crippen LogP contribution in [0.5, 0.6) is 0 Å². The maximum absolute atomic E-state index is 12.3. The standard InChI is InChI=1S/C13H17ClN2O/c1-2-16(8-9-3-4-9)13(17)11-6-5-10(15)7-12(11)14/h5-7,9H,2-4,8,15H2,1H3. The highest BCUT2D eigenvalue weighted by Crippen LogP contribution is 2.30. The summed E-state index contributed by atoms with van der Waals surface area (Å²) < 4.78 is 0. The van der Waals surface area contributed by atoms with Gasteiger partial charge in [-0.3, -0.25) is 4.79 Å². The Morgan fingerprint density at radius 3 is 2.76 bits per heavy atom. The number of nitrogens with zero attached hydrogens (tertiary/aromatic N) is 1. The van der Waals surface area contributed by atoms with Gasteiger partial charge in [0.15, 0.2) is 0 Å². The van der Waals surface area contributed by atoms with Crippen molar-refractivity contribution in [1.29, 1.82) is 0 Å². The summed E-state index contributed by atoms with van der Waals surface area (Å²) in [6, 6.07) is 5.04. The molecule has 0 radical (unpaired) electrons. The average molecular weight is 253 g/mol. The molecular formula is C13H17ClN2O. The van der Waals surface area contributed by atoms with Crippen LogP contribution in [0, 0.1) is 5.92 Å². The van der Waals surface area contributed by atoms with Gasteiger partial charge in [0.2, 0.25) is 0 Å². The molecule has 0 atom stereocenters. The Hall–Kier alpha value is -1.22. The molecule has 3 nitrogen and oxygen atoms in total. The van der Waals surface area contributed by atoms with E-state index in [-0.39, 0.29) is 5.91 Å². The molecule has 0 unspecified atom stereocenters. The number of nitrogen functional groups attached to an aromatic ring is 1. The highest BCUT2D eigenvalue weighted by atomic mass is 35.5. The fraction of sp³-hybridized carbons (Fsp3) is 0.462. The van der Waals surface area contributed by atoms with Crippen LogP contribution < -0.4 is 5.73 Å². The van der Waals surface area contributed by atoms with Crippen LogP contribution in [0.3, 0.4) is 0 Å². The highest BCUT2D eigenvalue weighted by Gasteiger charge is 2.27. The minimum Gasteiger partial charge on any atom is -0.399 e. The van der Waals surface area contributed by atoms with Gasteiger partial charge in [0.05, 0.1) is 10.6 Å². The first-order chi connectivity index (χ1) is 8.11. The van der Waals surface area contributed by atoms with Gasteiger partial charge in [-0.15, -0.1) is 0 Å². The first kappa shape index (κ1) is 12.2. The molecule has 17 heavy (non-hydrogen) atoms. The first-order valence-corrected chi connectivity index (χ1v) is 6.34. The lowest BCUT2D eigenvalue weighted by Crippen LogP contribution is -2.32. The van der Waals surface area contributed by atoms with Gasteiger partial charge in [-0.25, -0.2) is 0 Å². The molecule has 4 heteroatoms. The molecular weight excluding hydrogens is 236 g/mol. The first-order valence-electron chi connectivity index (χ1n) is 5.96. The van der Waals surface area contributed by atoms with Crippen LogP contribution in [0.2, 0.25) is 5.02 Å². The number of hydrogen-bond acceptors (Lipinski definition) is 2. The summed E-state index contributed by atoms with van der Waals surface area (Å²) >= 11 is 6.05. The maximum Gasteiger partial charge on any atom is 0.255 e. The van der Waals surface area contributed by atoms with Crippen LogP contribution in [0.15, 0.2) is 18.2 Å². The van der Waals surface area contributed by atoms with Crippen molar-refractivity contribution < 1.29 is 4.79 Å². The van der Waals surface area contributed by atoms with Crippen molar-refractivity contribution in [2.75, 3.05) is 18.8 Å². The van der Waals surface area contributed by atoms with Crippen LogP contribution in [-0.4, -0.2) is 23.9 Å². The second-order valence-electron chi connectivity index (χ2n) is 4.53. The van der Waals surface area contributed by atoms with Gasteiger partial charge in [0.1, 0.15) is 0 Å². The number of anilines is 1. The quantitative estimate of drug-likeness (QED) is 0.838. The number of hydrogen-bond donors (Lipinski definition) is 1. The summed E-state index contributed by atoms with van der Waals surface area (Å²) in [4.78, 5) is 14.1. The van der Waals surface area contributed by atoms with Crippen molar-refractivity contribution >= 4 is 23.2 Å². The van der Waals surface area contributed by atoms with Gasteiger partial charge in [-0.2, -0.15) is 0 Å². The lowest BCUT2D eigenvalue weighted by molar-refractivity contribution is 0.0757. The number of carbonyl (C=O) groups is 1. The molecule has 1 aromatic rings. The molecule has 2 rings (SSSR count). The van der Waals surface area contributed by atoms with Crippen LogP contribution in [0.1, 0.15) is 30.1 Å². The largest absolute Gasteiger partial charge is 0.399 e. The Kier molecular flexibility index (Phi) is 3.57. The zero-order valence-electron chi connectivity index (χ0n) is 9.95. The number of amides is 1. The number of rotatable bonds is 4. The van der Waals surface area contributed by atoms with Crippen LogP contribution >= 0.6 is 11.6 Å². The summed E-state index contributed by atoms with van der Waals surface area (Å²) in [5.74, 6) is 0.691. The van der Waals surface area contributed by atoms with E-state index >= 15 is 0 Å². The third-order valence-electron chi connectivity index (χ3n) is 3.07. The summed E-state index contributed by atoms with van der Waals surface area (Å²) in [5.41, 5.74) is 6.74. The van der Waals surface area contributed by atoms with E-state index in [4.69, 9.17) is 17.3 Å². The number of carbonyl (C=O) groups excluding carboxylic acids is 1. The van der Waals surface area contributed by atoms with Crippen LogP contribution in [-0.2, 0) is 0 Å². The van der Waals surface area contributed by atoms with E-state index in [0.717, 1.165) is 13.1 Å². The summed E-state index contributed by atoms with van der Waals surface area (Å²) in [5, 5.41) is 0.434. The molecule has 1 aromatic carbocycles. The molecule has 2 N–H and O–H groups in total. The molecule has 1 aliphatic carbocycles. The number of halogens is 1. The van der Waals surface area contributed by atoms with E-state index in [0.29, 0.717) is 22.2 Å². The lowest BCUT2D eigenvalue weighted by atomic mass is 10.1. The Labute approximate surface area is 107 Å². The molecule has 0 saturated heterocycles. The Balaban J connectivity index is 2.15. The minimum absolute atomic E-state index is 0.00407. The van der Waals surface area contributed by atoms with Gasteiger partial charge < -0.3 is 10.6 Å². The van der Waals surface area contributed by atoms with Gasteiger partial charge in [0.25, 0.3) is 5.91 Å². The molecule has 1 fully saturated rings. The van der Waals surface area contributed by atoms with Crippen LogP contribution in [0.25, 0.3) is 0 Å². The second-order valence-corrected chi connectivity index (χ2v) is 4.93. The zero-order valence-corrected chi connectivity index (χ0v) is 10.7. The predicted molar refractivity (Wildman–Crippen MR) is 70.2 cm³/mol. The van der Waals surface area contributed by atoms with Crippen LogP contribution in [0.4, 0.5) is 5.69 Å². The summed E-state index contributed by atoms with van der Waals surface area (Å²) in [6.07, 6.45) is 2.47. The molecule has 0 heterocycles. The molecule has 0 aliphatic heterocycles. The molecule has 92 valence electrons. The Morgan fingerprint density at radius 2 is 2.24 bits per heavy atom. The SMILES string of the molecule is CCN(CC1CC1)C(=O)c1ccc(N)cc1Cl. The summed E-state index contributed by atoms with van der Waals surface area (Å²) in [7, 11) is 0. The molecule has 1 saturated carbocycles. The fourth-order valence-corrected chi connectivity index (χ4v) is 2.11. The second kappa shape index (κ2) is 4.96. The Morgan fingerprint density at radius 1 is 1.53 bits per heavy atom. The molecule has 1 aliphatic rings. The van der Waals surface area contributed by atoms with Crippen molar-refractivity contribution in [3.05, 3.63) is 28.8 Å². The van der Waals surface area contributed by atoms with E-state index in [1.54, 1.807) is 18.2 Å². The van der Waals surface area contributed by atoms with Gasteiger partial charge >= 0.3 is 0 Å². The van der Waals surface area contributed by atoms with Gasteiger partial charge in [0, 0.05) is 18.8 Å². The smallest absolute Gasteiger partial charge is 0.255 e. The Bertz CT molecular complexity index is 429. The highest BCUT2D eigenvalue weighted by molar-refractivity contribution is 6.34. The monoisotopic (exact) mass is 252 g/mol. The van der Waals surface area contributed by atoms with E-state index in [1.165, 1.54) is 12.8 Å². The molecule has 0 bridgehead atoms. The maximum atomic E-state index is 12.3. The molecule has 0 aromatic heterocycles. The minimum atomic E-state index is 0.00407. The lowest BCUT2D eigenvalue weighted by Gasteiger charge is -2.21. The third-order valence-corrected chi connectivity index (χ3v) is 3.38. The van der Waals surface area contributed by atoms with E-state index in [1.807, 2.05) is 11.8 Å². The molecule has 1 amide bonds. The van der Waals surface area contributed by atoms with E-state index in [9.17, 15) is 4.79 Å². The predicted octanol–water partition coefficient (Wildman–Crippen LogP) is 2.79. The van der Waals surface area contributed by atoms with Crippen molar-refractivity contribution in [1.82, 2.24) is 4.90 Å². The zero-order chi connectivity index (χ0) is 12.4. The van der Waals surface area contributed by atoms with Gasteiger partial charge in [-0.05, 0) is 43.9 Å². The van der Waals surface area contributed by atoms with Crippen molar-refractivity contribution in [2.45, 2.75) is 19.8 Å². The van der Waals surface area contributed by atoms with E-state index < -0.39 is 0 Å². The fourth-order valence-electron chi connectivity index (χ4n) is 1.84. The number of nitrogens with two attached hydrogens (primary N) is 1. The molecule has 0 spiro atoms. The third kappa shape index (κ3) is 2.91.